The van der Waals surface area contributed by atoms with Crippen molar-refractivity contribution < 1.29 is 22.7 Å². The molecule has 0 aromatic heterocycles. The van der Waals surface area contributed by atoms with Gasteiger partial charge in [-0.05, 0) is 25.7 Å². The number of methoxy groups -OCH3 is 1. The normalized spacial score (nSPS) is 23.5. The lowest BCUT2D eigenvalue weighted by Crippen LogP contribution is -2.49. The maximum atomic E-state index is 12.5. The van der Waals surface area contributed by atoms with Gasteiger partial charge in [-0.1, -0.05) is 19.3 Å². The van der Waals surface area contributed by atoms with Gasteiger partial charge >= 0.3 is 0 Å². The summed E-state index contributed by atoms with van der Waals surface area (Å²) in [5.74, 6) is -0.229. The van der Waals surface area contributed by atoms with E-state index in [1.807, 2.05) is 0 Å². The van der Waals surface area contributed by atoms with Crippen molar-refractivity contribution in [1.82, 2.24) is 9.62 Å². The molecule has 0 spiro atoms. The van der Waals surface area contributed by atoms with E-state index in [9.17, 15) is 13.2 Å². The van der Waals surface area contributed by atoms with E-state index in [0.29, 0.717) is 26.2 Å². The Labute approximate surface area is 145 Å². The Bertz CT molecular complexity index is 491. The number of nitrogens with zero attached hydrogens (tertiary/aromatic N) is 1. The molecule has 1 saturated heterocycles. The summed E-state index contributed by atoms with van der Waals surface area (Å²) in [6, 6.07) is -0.357. The van der Waals surface area contributed by atoms with Crippen LogP contribution in [0.5, 0.6) is 0 Å². The Morgan fingerprint density at radius 2 is 1.83 bits per heavy atom. The summed E-state index contributed by atoms with van der Waals surface area (Å²) in [6.07, 6.45) is 6.82. The fourth-order valence-corrected chi connectivity index (χ4v) is 4.96. The number of carbonyl (C=O) groups excluding carboxylic acids is 1. The smallest absolute Gasteiger partial charge is 0.238 e. The van der Waals surface area contributed by atoms with Gasteiger partial charge in [-0.3, -0.25) is 4.79 Å². The Balaban J connectivity index is 1.84. The first-order valence-corrected chi connectivity index (χ1v) is 10.5. The van der Waals surface area contributed by atoms with E-state index < -0.39 is 16.1 Å². The van der Waals surface area contributed by atoms with Crippen molar-refractivity contribution in [1.29, 1.82) is 0 Å². The lowest BCUT2D eigenvalue weighted by atomic mass is 9.95. The average Bonchev–Trinajstić information content (AvgIpc) is 3.06. The van der Waals surface area contributed by atoms with Crippen molar-refractivity contribution in [2.45, 2.75) is 57.0 Å². The summed E-state index contributed by atoms with van der Waals surface area (Å²) in [4.78, 5) is 12.5. The highest BCUT2D eigenvalue weighted by Crippen LogP contribution is 2.23. The van der Waals surface area contributed by atoms with E-state index in [2.05, 4.69) is 5.32 Å². The number of carbonyl (C=O) groups is 1. The maximum Gasteiger partial charge on any atom is 0.238 e. The zero-order chi connectivity index (χ0) is 17.4. The Kier molecular flexibility index (Phi) is 7.93. The van der Waals surface area contributed by atoms with Crippen LogP contribution in [0.25, 0.3) is 0 Å². The number of hydrogen-bond acceptors (Lipinski definition) is 5. The second-order valence-corrected chi connectivity index (χ2v) is 8.57. The first kappa shape index (κ1) is 19.6. The van der Waals surface area contributed by atoms with Gasteiger partial charge < -0.3 is 14.8 Å². The van der Waals surface area contributed by atoms with Crippen LogP contribution in [-0.4, -0.2) is 69.9 Å². The van der Waals surface area contributed by atoms with Gasteiger partial charge in [-0.15, -0.1) is 0 Å². The highest BCUT2D eigenvalue weighted by Gasteiger charge is 2.38. The number of rotatable bonds is 9. The summed E-state index contributed by atoms with van der Waals surface area (Å²) in [5, 5.41) is 3.05. The van der Waals surface area contributed by atoms with E-state index in [1.54, 1.807) is 7.11 Å². The Morgan fingerprint density at radius 1 is 1.08 bits per heavy atom. The first-order valence-electron chi connectivity index (χ1n) is 8.91. The second kappa shape index (κ2) is 9.70. The minimum Gasteiger partial charge on any atom is -0.382 e. The topological polar surface area (TPSA) is 84.9 Å². The molecule has 24 heavy (non-hydrogen) atoms. The minimum atomic E-state index is -3.48. The van der Waals surface area contributed by atoms with Crippen molar-refractivity contribution >= 4 is 15.9 Å². The highest BCUT2D eigenvalue weighted by atomic mass is 32.2. The fourth-order valence-electron chi connectivity index (χ4n) is 3.41. The van der Waals surface area contributed by atoms with Crippen LogP contribution >= 0.6 is 0 Å². The van der Waals surface area contributed by atoms with E-state index in [0.717, 1.165) is 32.1 Å². The van der Waals surface area contributed by atoms with Gasteiger partial charge in [0.15, 0.2) is 0 Å². The van der Waals surface area contributed by atoms with Crippen molar-refractivity contribution in [2.75, 3.05) is 39.2 Å². The van der Waals surface area contributed by atoms with E-state index >= 15 is 0 Å². The molecule has 2 fully saturated rings. The van der Waals surface area contributed by atoms with Gasteiger partial charge in [-0.2, -0.15) is 4.31 Å². The maximum absolute atomic E-state index is 12.5. The summed E-state index contributed by atoms with van der Waals surface area (Å²) < 4.78 is 36.5. The molecule has 1 heterocycles. The molecule has 1 aliphatic carbocycles. The van der Waals surface area contributed by atoms with E-state index in [-0.39, 0.29) is 24.3 Å². The molecule has 1 amide bonds. The molecular weight excluding hydrogens is 332 g/mol. The van der Waals surface area contributed by atoms with Gasteiger partial charge in [0.1, 0.15) is 6.04 Å². The monoisotopic (exact) mass is 362 g/mol. The SMILES string of the molecule is COCCOCCS(=O)(=O)N1CCCC1C(=O)NC1CCCCC1. The largest absolute Gasteiger partial charge is 0.382 e. The molecule has 1 unspecified atom stereocenters. The second-order valence-electron chi connectivity index (χ2n) is 6.53. The summed E-state index contributed by atoms with van der Waals surface area (Å²) in [5.41, 5.74) is 0. The van der Waals surface area contributed by atoms with Crippen LogP contribution in [-0.2, 0) is 24.3 Å². The van der Waals surface area contributed by atoms with E-state index in [4.69, 9.17) is 9.47 Å². The number of sulfonamides is 1. The Hall–Kier alpha value is -0.700. The van der Waals surface area contributed by atoms with Crippen LogP contribution in [0.1, 0.15) is 44.9 Å². The molecule has 140 valence electrons. The molecule has 0 aromatic carbocycles. The molecule has 0 bridgehead atoms. The number of hydrogen-bond donors (Lipinski definition) is 1. The molecule has 1 N–H and O–H groups in total. The fraction of sp³-hybridized carbons (Fsp3) is 0.938. The predicted octanol–water partition coefficient (Wildman–Crippen LogP) is 0.893. The third kappa shape index (κ3) is 5.68. The van der Waals surface area contributed by atoms with Crippen molar-refractivity contribution in [3.8, 4) is 0 Å². The molecular formula is C16H30N2O5S. The lowest BCUT2D eigenvalue weighted by molar-refractivity contribution is -0.125. The van der Waals surface area contributed by atoms with Gasteiger partial charge in [-0.25, -0.2) is 8.42 Å². The number of ether oxygens (including phenoxy) is 2. The molecule has 1 saturated carbocycles. The Morgan fingerprint density at radius 3 is 2.54 bits per heavy atom. The van der Waals surface area contributed by atoms with Crippen LogP contribution in [0.3, 0.4) is 0 Å². The van der Waals surface area contributed by atoms with Gasteiger partial charge in [0.2, 0.25) is 15.9 Å². The van der Waals surface area contributed by atoms with Gasteiger partial charge in [0, 0.05) is 19.7 Å². The van der Waals surface area contributed by atoms with Crippen LogP contribution < -0.4 is 5.32 Å². The minimum absolute atomic E-state index is 0.0933. The van der Waals surface area contributed by atoms with Gasteiger partial charge in [0.05, 0.1) is 25.6 Å². The van der Waals surface area contributed by atoms with Crippen LogP contribution in [0.4, 0.5) is 0 Å². The molecule has 2 rings (SSSR count). The molecule has 0 aromatic rings. The third-order valence-corrected chi connectivity index (χ3v) is 6.57. The predicted molar refractivity (Wildman–Crippen MR) is 91.2 cm³/mol. The zero-order valence-electron chi connectivity index (χ0n) is 14.5. The van der Waals surface area contributed by atoms with Crippen molar-refractivity contribution in [3.05, 3.63) is 0 Å². The average molecular weight is 362 g/mol. The molecule has 0 radical (unpaired) electrons. The molecule has 2 aliphatic rings. The lowest BCUT2D eigenvalue weighted by Gasteiger charge is -2.27. The number of nitrogens with one attached hydrogen (secondary N) is 1. The molecule has 7 nitrogen and oxygen atoms in total. The zero-order valence-corrected chi connectivity index (χ0v) is 15.4. The standard InChI is InChI=1S/C16H30N2O5S/c1-22-10-11-23-12-13-24(20,21)18-9-5-8-15(18)16(19)17-14-6-3-2-4-7-14/h14-15H,2-13H2,1H3,(H,17,19). The highest BCUT2D eigenvalue weighted by molar-refractivity contribution is 7.89. The van der Waals surface area contributed by atoms with Crippen molar-refractivity contribution in [3.63, 3.8) is 0 Å². The van der Waals surface area contributed by atoms with Crippen LogP contribution in [0, 0.1) is 0 Å². The first-order chi connectivity index (χ1) is 11.5. The van der Waals surface area contributed by atoms with E-state index in [1.165, 1.54) is 10.7 Å². The molecule has 8 heteroatoms. The molecule has 1 atom stereocenters. The summed E-state index contributed by atoms with van der Waals surface area (Å²) >= 11 is 0. The quantitative estimate of drug-likeness (QED) is 0.616. The summed E-state index contributed by atoms with van der Waals surface area (Å²) in [7, 11) is -1.91. The number of amides is 1. The van der Waals surface area contributed by atoms with Crippen LogP contribution in [0.15, 0.2) is 0 Å². The third-order valence-electron chi connectivity index (χ3n) is 4.73. The van der Waals surface area contributed by atoms with Gasteiger partial charge in [0.25, 0.3) is 0 Å². The van der Waals surface area contributed by atoms with Crippen molar-refractivity contribution in [2.24, 2.45) is 0 Å². The summed E-state index contributed by atoms with van der Waals surface area (Å²) in [6.45, 7) is 1.36. The molecule has 1 aliphatic heterocycles. The van der Waals surface area contributed by atoms with Crippen LogP contribution in [0.2, 0.25) is 0 Å².